The molecule has 2 aromatic carbocycles. The monoisotopic (exact) mass is 373 g/mol. The Morgan fingerprint density at radius 2 is 1.74 bits per heavy atom. The fraction of sp³-hybridized carbons (Fsp3) is 0. The largest absolute Gasteiger partial charge is 0.507 e. The summed E-state index contributed by atoms with van der Waals surface area (Å²) in [7, 11) is 0. The number of nitrogens with zero attached hydrogens (tertiary/aromatic N) is 1. The van der Waals surface area contributed by atoms with Gasteiger partial charge in [0.2, 0.25) is 5.75 Å². The third kappa shape index (κ3) is 1.47. The smallest absolute Gasteiger partial charge is 0.203 e. The molecule has 3 rings (SSSR count). The average Bonchev–Trinajstić information content (AvgIpc) is 2.66. The summed E-state index contributed by atoms with van der Waals surface area (Å²) >= 11 is 1.56. The van der Waals surface area contributed by atoms with Crippen LogP contribution in [0.3, 0.4) is 0 Å². The van der Waals surface area contributed by atoms with Gasteiger partial charge in [-0.25, -0.2) is 0 Å². The second-order valence-corrected chi connectivity index (χ2v) is 4.47. The summed E-state index contributed by atoms with van der Waals surface area (Å²) in [6.45, 7) is 0. The summed E-state index contributed by atoms with van der Waals surface area (Å²) in [5.41, 5.74) is 0.383. The first-order chi connectivity index (χ1) is 9.06. The van der Waals surface area contributed by atoms with E-state index in [0.29, 0.717) is 5.52 Å². The van der Waals surface area contributed by atoms with E-state index < -0.39 is 0 Å². The number of phenolic OH excluding ortho intramolecular Hbond substituents is 3. The summed E-state index contributed by atoms with van der Waals surface area (Å²) in [6, 6.07) is 5.67. The van der Waals surface area contributed by atoms with Gasteiger partial charge in [-0.3, -0.25) is 0 Å². The van der Waals surface area contributed by atoms with Crippen molar-refractivity contribution in [3.63, 3.8) is 0 Å². The van der Waals surface area contributed by atoms with Crippen LogP contribution in [0.5, 0.6) is 23.0 Å². The van der Waals surface area contributed by atoms with Crippen LogP contribution < -0.4 is 3.07 Å². The van der Waals surface area contributed by atoms with Crippen LogP contribution >= 0.6 is 23.0 Å². The minimum atomic E-state index is -0.308. The number of benzene rings is 2. The maximum absolute atomic E-state index is 10.1. The Morgan fingerprint density at radius 3 is 2.42 bits per heavy atom. The number of rotatable bonds is 1. The van der Waals surface area contributed by atoms with E-state index >= 15 is 0 Å². The second-order valence-electron chi connectivity index (χ2n) is 4.03. The summed E-state index contributed by atoms with van der Waals surface area (Å²) in [5.74, 6) is -0.650. The van der Waals surface area contributed by atoms with E-state index in [4.69, 9.17) is 3.07 Å². The predicted molar refractivity (Wildman–Crippen MR) is 76.3 cm³/mol. The lowest BCUT2D eigenvalue weighted by molar-refractivity contribution is 0.211. The fourth-order valence-electron chi connectivity index (χ4n) is 2.23. The molecular formula is C12H8INO5. The van der Waals surface area contributed by atoms with Crippen LogP contribution in [-0.2, 0) is 0 Å². The van der Waals surface area contributed by atoms with Gasteiger partial charge in [-0.1, -0.05) is 6.07 Å². The number of aromatic hydroxyl groups is 3. The molecule has 1 heterocycles. The SMILES string of the molecule is Oc1cc(O)c2c3c(O)cccc3n(O)c2c1OI. The van der Waals surface area contributed by atoms with Gasteiger partial charge in [0.25, 0.3) is 0 Å². The molecule has 0 fully saturated rings. The molecule has 19 heavy (non-hydrogen) atoms. The molecule has 1 aromatic heterocycles. The number of aromatic nitrogens is 1. The highest BCUT2D eigenvalue weighted by Gasteiger charge is 2.23. The van der Waals surface area contributed by atoms with E-state index in [-0.39, 0.29) is 39.3 Å². The molecule has 0 aliphatic carbocycles. The molecule has 3 aromatic rings. The van der Waals surface area contributed by atoms with Gasteiger partial charge in [0.05, 0.1) is 16.3 Å². The molecule has 0 atom stereocenters. The van der Waals surface area contributed by atoms with Gasteiger partial charge in [0.15, 0.2) is 28.8 Å². The first-order valence-corrected chi connectivity index (χ1v) is 6.13. The standard InChI is InChI=1S/C12H8INO5/c13-19-12-8(17)4-7(16)10-9-5(14(18)11(10)12)2-1-3-6(9)15/h1-4,15-18H. The molecule has 0 spiro atoms. The van der Waals surface area contributed by atoms with E-state index in [1.807, 2.05) is 0 Å². The molecule has 7 heteroatoms. The lowest BCUT2D eigenvalue weighted by Gasteiger charge is -2.06. The number of phenols is 3. The van der Waals surface area contributed by atoms with Gasteiger partial charge in [0.1, 0.15) is 17.0 Å². The van der Waals surface area contributed by atoms with Crippen LogP contribution in [0.4, 0.5) is 0 Å². The van der Waals surface area contributed by atoms with E-state index in [2.05, 4.69) is 0 Å². The van der Waals surface area contributed by atoms with Gasteiger partial charge < -0.3 is 23.6 Å². The minimum Gasteiger partial charge on any atom is -0.507 e. The zero-order valence-corrected chi connectivity index (χ0v) is 11.5. The third-order valence-corrected chi connectivity index (χ3v) is 3.44. The van der Waals surface area contributed by atoms with Gasteiger partial charge in [0, 0.05) is 6.07 Å². The van der Waals surface area contributed by atoms with E-state index in [1.165, 1.54) is 6.07 Å². The quantitative estimate of drug-likeness (QED) is 0.389. The molecule has 0 saturated heterocycles. The third-order valence-electron chi connectivity index (χ3n) is 3.00. The first-order valence-electron chi connectivity index (χ1n) is 5.25. The number of hydrogen-bond acceptors (Lipinski definition) is 5. The van der Waals surface area contributed by atoms with Crippen LogP contribution in [0, 0.1) is 0 Å². The molecule has 0 bridgehead atoms. The van der Waals surface area contributed by atoms with Crippen LogP contribution in [0.2, 0.25) is 0 Å². The maximum Gasteiger partial charge on any atom is 0.203 e. The van der Waals surface area contributed by atoms with Gasteiger partial charge in [-0.05, 0) is 12.1 Å². The second kappa shape index (κ2) is 3.98. The minimum absolute atomic E-state index is 0.00602. The van der Waals surface area contributed by atoms with E-state index in [1.54, 1.807) is 35.1 Å². The van der Waals surface area contributed by atoms with Crippen molar-refractivity contribution >= 4 is 44.8 Å². The van der Waals surface area contributed by atoms with Crippen molar-refractivity contribution in [3.8, 4) is 23.0 Å². The van der Waals surface area contributed by atoms with Crippen molar-refractivity contribution in [3.05, 3.63) is 24.3 Å². The molecule has 98 valence electrons. The Labute approximate surface area is 120 Å². The van der Waals surface area contributed by atoms with Gasteiger partial charge in [-0.2, -0.15) is 4.73 Å². The molecule has 6 nitrogen and oxygen atoms in total. The molecule has 0 unspecified atom stereocenters. The summed E-state index contributed by atoms with van der Waals surface area (Å²) in [6.07, 6.45) is 0. The highest BCUT2D eigenvalue weighted by atomic mass is 127. The molecule has 0 saturated carbocycles. The predicted octanol–water partition coefficient (Wildman–Crippen LogP) is 2.88. The Bertz CT molecular complexity index is 811. The highest BCUT2D eigenvalue weighted by molar-refractivity contribution is 14.1. The number of fused-ring (bicyclic) bond motifs is 3. The van der Waals surface area contributed by atoms with Crippen molar-refractivity contribution in [2.24, 2.45) is 0 Å². The average molecular weight is 373 g/mol. The molecule has 0 aliphatic heterocycles. The lowest BCUT2D eigenvalue weighted by atomic mass is 10.1. The maximum atomic E-state index is 10.1. The summed E-state index contributed by atoms with van der Waals surface area (Å²) in [5, 5.41) is 40.2. The topological polar surface area (TPSA) is 95.1 Å². The van der Waals surface area contributed by atoms with Crippen LogP contribution in [0.25, 0.3) is 21.8 Å². The molecule has 0 radical (unpaired) electrons. The van der Waals surface area contributed by atoms with Crippen molar-refractivity contribution in [1.82, 2.24) is 4.73 Å². The molecule has 0 aliphatic rings. The van der Waals surface area contributed by atoms with Crippen molar-refractivity contribution < 1.29 is 23.6 Å². The normalized spacial score (nSPS) is 11.2. The number of hydrogen-bond donors (Lipinski definition) is 4. The van der Waals surface area contributed by atoms with Crippen LogP contribution in [0.1, 0.15) is 0 Å². The fourth-order valence-corrected chi connectivity index (χ4v) is 2.66. The van der Waals surface area contributed by atoms with E-state index in [9.17, 15) is 20.5 Å². The van der Waals surface area contributed by atoms with E-state index in [0.717, 1.165) is 10.8 Å². The van der Waals surface area contributed by atoms with Crippen LogP contribution in [0.15, 0.2) is 24.3 Å². The Hall–Kier alpha value is -2.03. The zero-order chi connectivity index (χ0) is 13.7. The Morgan fingerprint density at radius 1 is 1.00 bits per heavy atom. The number of halogens is 1. The van der Waals surface area contributed by atoms with Crippen molar-refractivity contribution in [2.75, 3.05) is 0 Å². The van der Waals surface area contributed by atoms with Gasteiger partial charge >= 0.3 is 0 Å². The summed E-state index contributed by atoms with van der Waals surface area (Å²) in [4.78, 5) is 0. The van der Waals surface area contributed by atoms with Crippen molar-refractivity contribution in [1.29, 1.82) is 0 Å². The Balaban J connectivity index is 2.70. The van der Waals surface area contributed by atoms with Crippen LogP contribution in [-0.4, -0.2) is 25.3 Å². The van der Waals surface area contributed by atoms with Crippen molar-refractivity contribution in [2.45, 2.75) is 0 Å². The molecular weight excluding hydrogens is 365 g/mol. The highest BCUT2D eigenvalue weighted by Crippen LogP contribution is 2.47. The Kier molecular flexibility index (Phi) is 2.52. The summed E-state index contributed by atoms with van der Waals surface area (Å²) < 4.78 is 5.77. The lowest BCUT2D eigenvalue weighted by Crippen LogP contribution is -1.91. The molecule has 4 N–H and O–H groups in total. The first kappa shape index (κ1) is 12.0. The van der Waals surface area contributed by atoms with Gasteiger partial charge in [-0.15, -0.1) is 0 Å². The molecule has 0 amide bonds. The zero-order valence-electron chi connectivity index (χ0n) is 9.33.